The molecule has 2 N–H and O–H groups in total. The first-order valence-electron chi connectivity index (χ1n) is 8.77. The van der Waals surface area contributed by atoms with E-state index in [1.165, 1.54) is 13.2 Å². The standard InChI is InChI=1S/C20H19N3O6/c1-28-9-10-29-20(27)22-14-6-4-5-13(11-14)21-17(24)12-23-18(25)15-7-2-3-8-16(15)19(23)26/h2-8,11H,9-10,12H2,1H3,(H,21,24)(H,22,27). The number of hydrogen-bond acceptors (Lipinski definition) is 6. The average molecular weight is 397 g/mol. The molecule has 0 bridgehead atoms. The minimum absolute atomic E-state index is 0.110. The lowest BCUT2D eigenvalue weighted by molar-refractivity contribution is -0.116. The Balaban J connectivity index is 1.58. The fourth-order valence-electron chi connectivity index (χ4n) is 2.77. The number of benzene rings is 2. The molecule has 29 heavy (non-hydrogen) atoms. The van der Waals surface area contributed by atoms with Crippen molar-refractivity contribution in [3.05, 3.63) is 59.7 Å². The third-order valence-corrected chi connectivity index (χ3v) is 4.09. The maximum Gasteiger partial charge on any atom is 0.411 e. The summed E-state index contributed by atoms with van der Waals surface area (Å²) in [7, 11) is 1.50. The van der Waals surface area contributed by atoms with Crippen molar-refractivity contribution < 1.29 is 28.7 Å². The van der Waals surface area contributed by atoms with Gasteiger partial charge in [0.15, 0.2) is 0 Å². The molecule has 1 aliphatic rings. The van der Waals surface area contributed by atoms with Gasteiger partial charge in [0.05, 0.1) is 17.7 Å². The molecule has 2 aromatic rings. The van der Waals surface area contributed by atoms with Crippen LogP contribution in [0.3, 0.4) is 0 Å². The monoisotopic (exact) mass is 397 g/mol. The van der Waals surface area contributed by atoms with Gasteiger partial charge in [0.2, 0.25) is 5.91 Å². The van der Waals surface area contributed by atoms with E-state index in [0.717, 1.165) is 4.90 Å². The summed E-state index contributed by atoms with van der Waals surface area (Å²) in [5.74, 6) is -1.55. The molecule has 0 spiro atoms. The molecule has 0 radical (unpaired) electrons. The van der Waals surface area contributed by atoms with Gasteiger partial charge in [-0.15, -0.1) is 0 Å². The Bertz CT molecular complexity index is 924. The van der Waals surface area contributed by atoms with Gasteiger partial charge in [-0.1, -0.05) is 18.2 Å². The van der Waals surface area contributed by atoms with Crippen LogP contribution in [0.25, 0.3) is 0 Å². The highest BCUT2D eigenvalue weighted by Crippen LogP contribution is 2.22. The van der Waals surface area contributed by atoms with Crippen LogP contribution in [0, 0.1) is 0 Å². The Morgan fingerprint density at radius 1 is 0.897 bits per heavy atom. The Morgan fingerprint density at radius 3 is 2.14 bits per heavy atom. The number of nitrogens with zero attached hydrogens (tertiary/aromatic N) is 1. The number of carbonyl (C=O) groups excluding carboxylic acids is 4. The van der Waals surface area contributed by atoms with Crippen LogP contribution in [0.2, 0.25) is 0 Å². The summed E-state index contributed by atoms with van der Waals surface area (Å²) in [6.45, 7) is -0.0244. The van der Waals surface area contributed by atoms with Gasteiger partial charge in [-0.2, -0.15) is 0 Å². The molecule has 3 rings (SSSR count). The number of amides is 4. The van der Waals surface area contributed by atoms with Crippen molar-refractivity contribution in [3.8, 4) is 0 Å². The summed E-state index contributed by atoms with van der Waals surface area (Å²) >= 11 is 0. The number of imide groups is 1. The molecule has 0 atom stereocenters. The predicted molar refractivity (Wildman–Crippen MR) is 104 cm³/mol. The Kier molecular flexibility index (Phi) is 6.20. The molecule has 0 aromatic heterocycles. The van der Waals surface area contributed by atoms with Gasteiger partial charge in [0.1, 0.15) is 13.2 Å². The van der Waals surface area contributed by atoms with Crippen molar-refractivity contribution >= 4 is 35.2 Å². The second kappa shape index (κ2) is 8.98. The average Bonchev–Trinajstić information content (AvgIpc) is 2.93. The second-order valence-electron chi connectivity index (χ2n) is 6.12. The van der Waals surface area contributed by atoms with Crippen molar-refractivity contribution in [3.63, 3.8) is 0 Å². The second-order valence-corrected chi connectivity index (χ2v) is 6.12. The smallest absolute Gasteiger partial charge is 0.411 e. The van der Waals surface area contributed by atoms with Gasteiger partial charge in [-0.3, -0.25) is 24.6 Å². The molecule has 0 fully saturated rings. The van der Waals surface area contributed by atoms with E-state index in [1.54, 1.807) is 42.5 Å². The SMILES string of the molecule is COCCOC(=O)Nc1cccc(NC(=O)CN2C(=O)c3ccccc3C2=O)c1. The highest BCUT2D eigenvalue weighted by Gasteiger charge is 2.36. The minimum atomic E-state index is -0.656. The number of fused-ring (bicyclic) bond motifs is 1. The van der Waals surface area contributed by atoms with Crippen LogP contribution < -0.4 is 10.6 Å². The van der Waals surface area contributed by atoms with Gasteiger partial charge >= 0.3 is 6.09 Å². The van der Waals surface area contributed by atoms with Gasteiger partial charge in [-0.05, 0) is 30.3 Å². The topological polar surface area (TPSA) is 114 Å². The molecule has 0 saturated heterocycles. The first kappa shape index (κ1) is 20.0. The highest BCUT2D eigenvalue weighted by atomic mass is 16.6. The van der Waals surface area contributed by atoms with Gasteiger partial charge in [0, 0.05) is 18.5 Å². The molecule has 9 heteroatoms. The van der Waals surface area contributed by atoms with Crippen LogP contribution in [0.4, 0.5) is 16.2 Å². The Morgan fingerprint density at radius 2 is 1.52 bits per heavy atom. The summed E-state index contributed by atoms with van der Waals surface area (Å²) in [5, 5.41) is 5.13. The maximum absolute atomic E-state index is 12.3. The van der Waals surface area contributed by atoms with E-state index < -0.39 is 30.4 Å². The molecule has 0 aliphatic carbocycles. The lowest BCUT2D eigenvalue weighted by Crippen LogP contribution is -2.37. The fourth-order valence-corrected chi connectivity index (χ4v) is 2.77. The third-order valence-electron chi connectivity index (χ3n) is 4.09. The zero-order valence-electron chi connectivity index (χ0n) is 15.6. The zero-order chi connectivity index (χ0) is 20.8. The number of ether oxygens (including phenoxy) is 2. The fraction of sp³-hybridized carbons (Fsp3) is 0.200. The van der Waals surface area contributed by atoms with Gasteiger partial charge in [0.25, 0.3) is 11.8 Å². The van der Waals surface area contributed by atoms with Crippen LogP contribution in [-0.4, -0.2) is 55.6 Å². The highest BCUT2D eigenvalue weighted by molar-refractivity contribution is 6.22. The lowest BCUT2D eigenvalue weighted by atomic mass is 10.1. The van der Waals surface area contributed by atoms with E-state index >= 15 is 0 Å². The van der Waals surface area contributed by atoms with E-state index in [1.807, 2.05) is 0 Å². The molecule has 1 heterocycles. The molecular weight excluding hydrogens is 378 g/mol. The normalized spacial score (nSPS) is 12.5. The number of hydrogen-bond donors (Lipinski definition) is 2. The summed E-state index contributed by atoms with van der Waals surface area (Å²) in [4.78, 5) is 49.6. The Hall–Kier alpha value is -3.72. The van der Waals surface area contributed by atoms with Crippen LogP contribution in [0.15, 0.2) is 48.5 Å². The van der Waals surface area contributed by atoms with Crippen molar-refractivity contribution in [1.82, 2.24) is 4.90 Å². The molecule has 2 aromatic carbocycles. The molecule has 0 unspecified atom stereocenters. The van der Waals surface area contributed by atoms with Crippen molar-refractivity contribution in [1.29, 1.82) is 0 Å². The van der Waals surface area contributed by atoms with E-state index in [2.05, 4.69) is 10.6 Å². The maximum atomic E-state index is 12.3. The van der Waals surface area contributed by atoms with Crippen molar-refractivity contribution in [2.75, 3.05) is 37.5 Å². The summed E-state index contributed by atoms with van der Waals surface area (Å²) in [6.07, 6.45) is -0.656. The van der Waals surface area contributed by atoms with Crippen molar-refractivity contribution in [2.45, 2.75) is 0 Å². The van der Waals surface area contributed by atoms with Gasteiger partial charge < -0.3 is 14.8 Å². The number of anilines is 2. The number of methoxy groups -OCH3 is 1. The molecule has 1 aliphatic heterocycles. The van der Waals surface area contributed by atoms with Gasteiger partial charge in [-0.25, -0.2) is 4.79 Å². The van der Waals surface area contributed by atoms with Crippen molar-refractivity contribution in [2.24, 2.45) is 0 Å². The van der Waals surface area contributed by atoms with E-state index in [-0.39, 0.29) is 24.3 Å². The van der Waals surface area contributed by atoms with Crippen LogP contribution in [0.5, 0.6) is 0 Å². The van der Waals surface area contributed by atoms with E-state index in [9.17, 15) is 19.2 Å². The van der Waals surface area contributed by atoms with Crippen LogP contribution in [0.1, 0.15) is 20.7 Å². The molecule has 4 amide bonds. The number of rotatable bonds is 7. The summed E-state index contributed by atoms with van der Waals surface area (Å²) < 4.78 is 9.70. The molecule has 9 nitrogen and oxygen atoms in total. The van der Waals surface area contributed by atoms with Crippen LogP contribution >= 0.6 is 0 Å². The number of carbonyl (C=O) groups is 4. The predicted octanol–water partition coefficient (Wildman–Crippen LogP) is 2.12. The summed E-state index contributed by atoms with van der Waals surface area (Å²) in [5.41, 5.74) is 1.36. The third kappa shape index (κ3) is 4.77. The first-order valence-corrected chi connectivity index (χ1v) is 8.77. The van der Waals surface area contributed by atoms with Crippen LogP contribution in [-0.2, 0) is 14.3 Å². The van der Waals surface area contributed by atoms with E-state index in [4.69, 9.17) is 9.47 Å². The number of nitrogens with one attached hydrogen (secondary N) is 2. The molecule has 0 saturated carbocycles. The molecular formula is C20H19N3O6. The molecule has 150 valence electrons. The lowest BCUT2D eigenvalue weighted by Gasteiger charge is -2.14. The summed E-state index contributed by atoms with van der Waals surface area (Å²) in [6, 6.07) is 12.8. The Labute approximate surface area is 166 Å². The first-order chi connectivity index (χ1) is 14.0. The van der Waals surface area contributed by atoms with E-state index in [0.29, 0.717) is 11.4 Å². The minimum Gasteiger partial charge on any atom is -0.447 e. The quantitative estimate of drug-likeness (QED) is 0.546. The zero-order valence-corrected chi connectivity index (χ0v) is 15.6. The largest absolute Gasteiger partial charge is 0.447 e.